The summed E-state index contributed by atoms with van der Waals surface area (Å²) in [6.07, 6.45) is -3.04. The number of hydrogen-bond acceptors (Lipinski definition) is 3. The molecule has 0 fully saturated rings. The van der Waals surface area contributed by atoms with E-state index in [1.165, 1.54) is 0 Å². The Balaban J connectivity index is 3.53. The summed E-state index contributed by atoms with van der Waals surface area (Å²) in [5, 5.41) is 0. The van der Waals surface area contributed by atoms with Crippen LogP contribution in [0.2, 0.25) is 0 Å². The first-order valence-corrected chi connectivity index (χ1v) is 5.91. The summed E-state index contributed by atoms with van der Waals surface area (Å²) in [6.45, 7) is 3.18. The molecule has 102 valence electrons. The van der Waals surface area contributed by atoms with E-state index in [9.17, 15) is 13.2 Å². The minimum atomic E-state index is -4.24. The molecule has 0 amide bonds. The second-order valence-electron chi connectivity index (χ2n) is 3.67. The summed E-state index contributed by atoms with van der Waals surface area (Å²) < 4.78 is 39.8. The maximum Gasteiger partial charge on any atom is 0.411 e. The standard InChI is InChI=1S/C10H19F3N2OS/c1-2-15(6-4-9(14)17)5-3-7-16-8-10(11,12)13/h2-8H2,1H3,(H2,14,17). The molecule has 0 aromatic heterocycles. The SMILES string of the molecule is CCN(CCCOCC(F)(F)F)CCC(N)=S. The van der Waals surface area contributed by atoms with Crippen molar-refractivity contribution < 1.29 is 17.9 Å². The van der Waals surface area contributed by atoms with Gasteiger partial charge in [-0.15, -0.1) is 0 Å². The predicted molar refractivity (Wildman–Crippen MR) is 65.0 cm³/mol. The van der Waals surface area contributed by atoms with Crippen molar-refractivity contribution in [1.29, 1.82) is 0 Å². The van der Waals surface area contributed by atoms with Crippen LogP contribution in [0.1, 0.15) is 19.8 Å². The van der Waals surface area contributed by atoms with Crippen LogP contribution in [0.5, 0.6) is 0 Å². The average Bonchev–Trinajstić information content (AvgIpc) is 2.20. The van der Waals surface area contributed by atoms with Crippen molar-refractivity contribution in [2.24, 2.45) is 5.73 Å². The van der Waals surface area contributed by atoms with E-state index in [-0.39, 0.29) is 6.61 Å². The van der Waals surface area contributed by atoms with Crippen molar-refractivity contribution in [1.82, 2.24) is 4.90 Å². The second-order valence-corrected chi connectivity index (χ2v) is 4.20. The Labute approximate surface area is 105 Å². The fraction of sp³-hybridized carbons (Fsp3) is 0.900. The van der Waals surface area contributed by atoms with Gasteiger partial charge in [0.05, 0.1) is 4.99 Å². The maximum atomic E-state index is 11.8. The topological polar surface area (TPSA) is 38.5 Å². The van der Waals surface area contributed by atoms with Gasteiger partial charge in [0.25, 0.3) is 0 Å². The summed E-state index contributed by atoms with van der Waals surface area (Å²) in [5.41, 5.74) is 5.37. The fourth-order valence-corrected chi connectivity index (χ4v) is 1.37. The van der Waals surface area contributed by atoms with Crippen molar-refractivity contribution in [3.8, 4) is 0 Å². The van der Waals surface area contributed by atoms with Crippen LogP contribution in [0, 0.1) is 0 Å². The lowest BCUT2D eigenvalue weighted by Gasteiger charge is -2.19. The molecule has 7 heteroatoms. The minimum Gasteiger partial charge on any atom is -0.393 e. The average molecular weight is 272 g/mol. The first-order valence-electron chi connectivity index (χ1n) is 5.50. The predicted octanol–water partition coefficient (Wildman–Crippen LogP) is 1.95. The summed E-state index contributed by atoms with van der Waals surface area (Å²) in [5.74, 6) is 0. The van der Waals surface area contributed by atoms with E-state index < -0.39 is 12.8 Å². The Bertz CT molecular complexity index is 224. The highest BCUT2D eigenvalue weighted by atomic mass is 32.1. The zero-order chi connectivity index (χ0) is 13.3. The molecule has 0 saturated carbocycles. The van der Waals surface area contributed by atoms with Crippen LogP contribution >= 0.6 is 12.2 Å². The Morgan fingerprint density at radius 3 is 2.47 bits per heavy atom. The van der Waals surface area contributed by atoms with Gasteiger partial charge in [0, 0.05) is 26.1 Å². The highest BCUT2D eigenvalue weighted by Crippen LogP contribution is 2.14. The van der Waals surface area contributed by atoms with E-state index in [0.29, 0.717) is 24.4 Å². The van der Waals surface area contributed by atoms with E-state index in [2.05, 4.69) is 9.64 Å². The molecule has 0 aliphatic heterocycles. The van der Waals surface area contributed by atoms with Gasteiger partial charge in [-0.1, -0.05) is 19.1 Å². The molecule has 0 aromatic carbocycles. The molecule has 0 aromatic rings. The molecule has 2 N–H and O–H groups in total. The van der Waals surface area contributed by atoms with Gasteiger partial charge < -0.3 is 15.4 Å². The quantitative estimate of drug-likeness (QED) is 0.514. The van der Waals surface area contributed by atoms with Gasteiger partial charge in [-0.05, 0) is 13.0 Å². The monoisotopic (exact) mass is 272 g/mol. The number of hydrogen-bond donors (Lipinski definition) is 1. The van der Waals surface area contributed by atoms with Crippen LogP contribution in [0.3, 0.4) is 0 Å². The molecule has 0 saturated heterocycles. The molecule has 0 bridgehead atoms. The zero-order valence-corrected chi connectivity index (χ0v) is 10.7. The van der Waals surface area contributed by atoms with E-state index in [4.69, 9.17) is 18.0 Å². The largest absolute Gasteiger partial charge is 0.411 e. The van der Waals surface area contributed by atoms with Gasteiger partial charge in [0.15, 0.2) is 0 Å². The highest BCUT2D eigenvalue weighted by molar-refractivity contribution is 7.80. The molecule has 0 radical (unpaired) electrons. The van der Waals surface area contributed by atoms with E-state index in [1.807, 2.05) is 6.92 Å². The number of nitrogens with zero attached hydrogens (tertiary/aromatic N) is 1. The summed E-state index contributed by atoms with van der Waals surface area (Å²) in [7, 11) is 0. The van der Waals surface area contributed by atoms with Crippen molar-refractivity contribution in [3.63, 3.8) is 0 Å². The normalized spacial score (nSPS) is 12.1. The first kappa shape index (κ1) is 16.6. The van der Waals surface area contributed by atoms with Gasteiger partial charge in [0.2, 0.25) is 0 Å². The van der Waals surface area contributed by atoms with Crippen LogP contribution in [0.4, 0.5) is 13.2 Å². The molecule has 0 unspecified atom stereocenters. The molecule has 0 atom stereocenters. The number of ether oxygens (including phenoxy) is 1. The maximum absolute atomic E-state index is 11.8. The molecular formula is C10H19F3N2OS. The third-order valence-electron chi connectivity index (χ3n) is 2.15. The molecule has 0 heterocycles. The minimum absolute atomic E-state index is 0.114. The molecule has 0 aliphatic carbocycles. The zero-order valence-electron chi connectivity index (χ0n) is 9.92. The van der Waals surface area contributed by atoms with Gasteiger partial charge >= 0.3 is 6.18 Å². The lowest BCUT2D eigenvalue weighted by Crippen LogP contribution is -2.29. The van der Waals surface area contributed by atoms with Crippen LogP contribution in [0.25, 0.3) is 0 Å². The summed E-state index contributed by atoms with van der Waals surface area (Å²) >= 11 is 4.76. The van der Waals surface area contributed by atoms with Gasteiger partial charge in [0.1, 0.15) is 6.61 Å². The number of alkyl halides is 3. The highest BCUT2D eigenvalue weighted by Gasteiger charge is 2.27. The number of nitrogens with two attached hydrogens (primary N) is 1. The second kappa shape index (κ2) is 8.66. The first-order chi connectivity index (χ1) is 7.85. The fourth-order valence-electron chi connectivity index (χ4n) is 1.27. The summed E-state index contributed by atoms with van der Waals surface area (Å²) in [6, 6.07) is 0. The van der Waals surface area contributed by atoms with Crippen molar-refractivity contribution in [2.45, 2.75) is 25.9 Å². The smallest absolute Gasteiger partial charge is 0.393 e. The summed E-state index contributed by atoms with van der Waals surface area (Å²) in [4.78, 5) is 2.53. The van der Waals surface area contributed by atoms with E-state index in [1.54, 1.807) is 0 Å². The lowest BCUT2D eigenvalue weighted by molar-refractivity contribution is -0.174. The molecule has 0 aliphatic rings. The molecular weight excluding hydrogens is 253 g/mol. The van der Waals surface area contributed by atoms with Crippen molar-refractivity contribution in [2.75, 3.05) is 32.8 Å². The third-order valence-corrected chi connectivity index (χ3v) is 2.35. The Morgan fingerprint density at radius 1 is 1.35 bits per heavy atom. The van der Waals surface area contributed by atoms with Crippen molar-refractivity contribution >= 4 is 17.2 Å². The number of halogens is 3. The van der Waals surface area contributed by atoms with E-state index >= 15 is 0 Å². The molecule has 0 rings (SSSR count). The molecule has 17 heavy (non-hydrogen) atoms. The Hall–Kier alpha value is -0.400. The Kier molecular flexibility index (Phi) is 8.45. The third kappa shape index (κ3) is 11.9. The number of rotatable bonds is 9. The number of thiocarbonyl (C=S) groups is 1. The van der Waals surface area contributed by atoms with Gasteiger partial charge in [-0.25, -0.2) is 0 Å². The van der Waals surface area contributed by atoms with E-state index in [0.717, 1.165) is 13.1 Å². The molecule has 0 spiro atoms. The van der Waals surface area contributed by atoms with Crippen LogP contribution < -0.4 is 5.73 Å². The van der Waals surface area contributed by atoms with Crippen LogP contribution in [-0.4, -0.2) is 48.9 Å². The lowest BCUT2D eigenvalue weighted by atomic mass is 10.3. The van der Waals surface area contributed by atoms with Gasteiger partial charge in [-0.2, -0.15) is 13.2 Å². The van der Waals surface area contributed by atoms with Crippen LogP contribution in [0.15, 0.2) is 0 Å². The van der Waals surface area contributed by atoms with Crippen molar-refractivity contribution in [3.05, 3.63) is 0 Å². The van der Waals surface area contributed by atoms with Crippen LogP contribution in [-0.2, 0) is 4.74 Å². The molecule has 3 nitrogen and oxygen atoms in total. The van der Waals surface area contributed by atoms with Gasteiger partial charge in [-0.3, -0.25) is 0 Å². The Morgan fingerprint density at radius 2 is 2.00 bits per heavy atom.